The molecule has 3 nitrogen and oxygen atoms in total. The molecule has 0 atom stereocenters. The van der Waals surface area contributed by atoms with Crippen molar-refractivity contribution in [1.82, 2.24) is 4.98 Å². The quantitative estimate of drug-likeness (QED) is 0.462. The number of halogens is 2. The third-order valence-corrected chi connectivity index (χ3v) is 5.04. The van der Waals surface area contributed by atoms with E-state index in [0.29, 0.717) is 5.56 Å². The minimum atomic E-state index is -0.818. The maximum atomic E-state index is 13.7. The van der Waals surface area contributed by atoms with Crippen LogP contribution in [-0.2, 0) is 0 Å². The lowest BCUT2D eigenvalue weighted by atomic mass is 10.1. The fourth-order valence-corrected chi connectivity index (χ4v) is 3.53. The predicted molar refractivity (Wildman–Crippen MR) is 107 cm³/mol. The largest absolute Gasteiger partial charge is 0.319 e. The molecular weight excluding hydrogens is 378 g/mol. The second kappa shape index (κ2) is 7.70. The van der Waals surface area contributed by atoms with Crippen LogP contribution in [-0.4, -0.2) is 10.9 Å². The van der Waals surface area contributed by atoms with E-state index in [9.17, 15) is 13.6 Å². The maximum Gasteiger partial charge on any atom is 0.255 e. The molecule has 0 aliphatic rings. The number of carbonyl (C=O) groups excluding carboxylic acids is 1. The Hall–Kier alpha value is -3.38. The molecule has 4 rings (SSSR count). The first kappa shape index (κ1) is 18.0. The third-order valence-electron chi connectivity index (χ3n) is 4.15. The molecule has 0 saturated heterocycles. The minimum Gasteiger partial charge on any atom is -0.319 e. The van der Waals surface area contributed by atoms with Crippen LogP contribution in [0, 0.1) is 11.6 Å². The summed E-state index contributed by atoms with van der Waals surface area (Å²) in [5.74, 6) is -1.99. The number of amides is 1. The number of benzene rings is 3. The molecule has 4 aromatic rings. The summed E-state index contributed by atoms with van der Waals surface area (Å²) in [6.07, 6.45) is 0. The lowest BCUT2D eigenvalue weighted by molar-refractivity contribution is 0.102. The number of thiazole rings is 1. The van der Waals surface area contributed by atoms with Crippen molar-refractivity contribution in [2.75, 3.05) is 5.32 Å². The van der Waals surface area contributed by atoms with Gasteiger partial charge in [-0.15, -0.1) is 11.3 Å². The first-order chi connectivity index (χ1) is 13.6. The molecule has 28 heavy (non-hydrogen) atoms. The van der Waals surface area contributed by atoms with Crippen LogP contribution in [0.25, 0.3) is 21.8 Å². The van der Waals surface area contributed by atoms with Crippen molar-refractivity contribution in [3.8, 4) is 21.8 Å². The molecule has 0 radical (unpaired) electrons. The number of anilines is 1. The maximum absolute atomic E-state index is 13.7. The standard InChI is InChI=1S/C22H14F2N2OS/c23-17-10-11-19(18(24)12-17)25-21(27)15-6-8-16(9-7-15)22-26-20(13-28-22)14-4-2-1-3-5-14/h1-13H,(H,25,27). The number of carbonyl (C=O) groups is 1. The number of nitrogens with zero attached hydrogens (tertiary/aromatic N) is 1. The Kier molecular flexibility index (Phi) is 4.95. The van der Waals surface area contributed by atoms with Crippen molar-refractivity contribution in [1.29, 1.82) is 0 Å². The molecule has 1 heterocycles. The minimum absolute atomic E-state index is 0.0668. The Bertz CT molecular complexity index is 1130. The molecule has 0 aliphatic heterocycles. The Labute approximate surface area is 164 Å². The number of hydrogen-bond donors (Lipinski definition) is 1. The van der Waals surface area contributed by atoms with Gasteiger partial charge in [-0.1, -0.05) is 42.5 Å². The summed E-state index contributed by atoms with van der Waals surface area (Å²) in [5.41, 5.74) is 3.13. The Morgan fingerprint density at radius 3 is 2.36 bits per heavy atom. The molecule has 138 valence electrons. The van der Waals surface area contributed by atoms with E-state index in [4.69, 9.17) is 0 Å². The van der Waals surface area contributed by atoms with Gasteiger partial charge in [0.15, 0.2) is 0 Å². The number of nitrogens with one attached hydrogen (secondary N) is 1. The lowest BCUT2D eigenvalue weighted by Gasteiger charge is -2.07. The highest BCUT2D eigenvalue weighted by Crippen LogP contribution is 2.29. The van der Waals surface area contributed by atoms with E-state index in [2.05, 4.69) is 10.3 Å². The van der Waals surface area contributed by atoms with Gasteiger partial charge in [0, 0.05) is 28.1 Å². The molecule has 3 aromatic carbocycles. The van der Waals surface area contributed by atoms with Crippen molar-refractivity contribution >= 4 is 22.9 Å². The molecule has 1 amide bonds. The number of hydrogen-bond acceptors (Lipinski definition) is 3. The summed E-state index contributed by atoms with van der Waals surface area (Å²) in [4.78, 5) is 16.9. The summed E-state index contributed by atoms with van der Waals surface area (Å²) < 4.78 is 26.7. The second-order valence-corrected chi connectivity index (χ2v) is 6.92. The normalized spacial score (nSPS) is 10.6. The highest BCUT2D eigenvalue weighted by Gasteiger charge is 2.11. The zero-order valence-corrected chi connectivity index (χ0v) is 15.3. The van der Waals surface area contributed by atoms with Gasteiger partial charge in [0.2, 0.25) is 0 Å². The van der Waals surface area contributed by atoms with Gasteiger partial charge in [0.25, 0.3) is 5.91 Å². The van der Waals surface area contributed by atoms with Gasteiger partial charge < -0.3 is 5.32 Å². The zero-order chi connectivity index (χ0) is 19.5. The van der Waals surface area contributed by atoms with E-state index in [1.165, 1.54) is 17.4 Å². The smallest absolute Gasteiger partial charge is 0.255 e. The van der Waals surface area contributed by atoms with Crippen LogP contribution in [0.4, 0.5) is 14.5 Å². The first-order valence-electron chi connectivity index (χ1n) is 8.48. The molecular formula is C22H14F2N2OS. The molecule has 1 aromatic heterocycles. The summed E-state index contributed by atoms with van der Waals surface area (Å²) in [7, 11) is 0. The van der Waals surface area contributed by atoms with Gasteiger partial charge in [0.05, 0.1) is 11.4 Å². The monoisotopic (exact) mass is 392 g/mol. The van der Waals surface area contributed by atoms with Crippen LogP contribution < -0.4 is 5.32 Å². The van der Waals surface area contributed by atoms with Crippen molar-refractivity contribution in [3.63, 3.8) is 0 Å². The SMILES string of the molecule is O=C(Nc1ccc(F)cc1F)c1ccc(-c2nc(-c3ccccc3)cs2)cc1. The van der Waals surface area contributed by atoms with Gasteiger partial charge in [-0.3, -0.25) is 4.79 Å². The van der Waals surface area contributed by atoms with E-state index < -0.39 is 17.5 Å². The highest BCUT2D eigenvalue weighted by atomic mass is 32.1. The first-order valence-corrected chi connectivity index (χ1v) is 9.36. The van der Waals surface area contributed by atoms with E-state index in [1.807, 2.05) is 35.7 Å². The average Bonchev–Trinajstić information content (AvgIpc) is 3.21. The molecule has 0 bridgehead atoms. The van der Waals surface area contributed by atoms with Gasteiger partial charge in [0.1, 0.15) is 16.6 Å². The van der Waals surface area contributed by atoms with E-state index in [1.54, 1.807) is 24.3 Å². The number of rotatable bonds is 4. The summed E-state index contributed by atoms with van der Waals surface area (Å²) in [5, 5.41) is 5.28. The summed E-state index contributed by atoms with van der Waals surface area (Å²) in [6, 6.07) is 19.8. The fourth-order valence-electron chi connectivity index (χ4n) is 2.70. The van der Waals surface area contributed by atoms with Crippen LogP contribution in [0.2, 0.25) is 0 Å². The van der Waals surface area contributed by atoms with Crippen LogP contribution in [0.1, 0.15) is 10.4 Å². The Balaban J connectivity index is 1.51. The van der Waals surface area contributed by atoms with Crippen LogP contribution in [0.3, 0.4) is 0 Å². The third kappa shape index (κ3) is 3.82. The molecule has 6 heteroatoms. The molecule has 0 spiro atoms. The molecule has 0 unspecified atom stereocenters. The second-order valence-electron chi connectivity index (χ2n) is 6.06. The van der Waals surface area contributed by atoms with E-state index >= 15 is 0 Å². The number of aromatic nitrogens is 1. The van der Waals surface area contributed by atoms with Crippen LogP contribution in [0.15, 0.2) is 78.2 Å². The fraction of sp³-hybridized carbons (Fsp3) is 0. The predicted octanol–water partition coefficient (Wildman–Crippen LogP) is 6.01. The lowest BCUT2D eigenvalue weighted by Crippen LogP contribution is -2.13. The van der Waals surface area contributed by atoms with Gasteiger partial charge >= 0.3 is 0 Å². The van der Waals surface area contributed by atoms with Crippen molar-refractivity contribution in [3.05, 3.63) is 95.4 Å². The summed E-state index contributed by atoms with van der Waals surface area (Å²) >= 11 is 1.52. The van der Waals surface area contributed by atoms with Crippen molar-refractivity contribution < 1.29 is 13.6 Å². The van der Waals surface area contributed by atoms with E-state index in [0.717, 1.165) is 34.0 Å². The molecule has 1 N–H and O–H groups in total. The van der Waals surface area contributed by atoms with Crippen LogP contribution >= 0.6 is 11.3 Å². The van der Waals surface area contributed by atoms with Gasteiger partial charge in [-0.25, -0.2) is 13.8 Å². The van der Waals surface area contributed by atoms with Crippen molar-refractivity contribution in [2.45, 2.75) is 0 Å². The van der Waals surface area contributed by atoms with Crippen molar-refractivity contribution in [2.24, 2.45) is 0 Å². The van der Waals surface area contributed by atoms with Gasteiger partial charge in [-0.2, -0.15) is 0 Å². The van der Waals surface area contributed by atoms with E-state index in [-0.39, 0.29) is 5.69 Å². The highest BCUT2D eigenvalue weighted by molar-refractivity contribution is 7.13. The summed E-state index contributed by atoms with van der Waals surface area (Å²) in [6.45, 7) is 0. The molecule has 0 saturated carbocycles. The zero-order valence-electron chi connectivity index (χ0n) is 14.5. The van der Waals surface area contributed by atoms with Crippen LogP contribution in [0.5, 0.6) is 0 Å². The Morgan fingerprint density at radius 1 is 0.893 bits per heavy atom. The molecule has 0 fully saturated rings. The topological polar surface area (TPSA) is 42.0 Å². The molecule has 0 aliphatic carbocycles. The Morgan fingerprint density at radius 2 is 1.64 bits per heavy atom. The average molecular weight is 392 g/mol. The van der Waals surface area contributed by atoms with Gasteiger partial charge in [-0.05, 0) is 24.3 Å².